The topological polar surface area (TPSA) is 463 Å². The van der Waals surface area contributed by atoms with Gasteiger partial charge in [-0.3, -0.25) is 38.4 Å². The lowest BCUT2D eigenvalue weighted by Crippen LogP contribution is -2.35. The highest BCUT2D eigenvalue weighted by Gasteiger charge is 2.33. The van der Waals surface area contributed by atoms with Crippen molar-refractivity contribution in [3.05, 3.63) is 0 Å². The lowest BCUT2D eigenvalue weighted by atomic mass is 9.88. The molecule has 0 bridgehead atoms. The molecule has 0 aromatic carbocycles. The highest BCUT2D eigenvalue weighted by atomic mass is 16.7. The van der Waals surface area contributed by atoms with Gasteiger partial charge in [0.05, 0.1) is 63.7 Å². The summed E-state index contributed by atoms with van der Waals surface area (Å²) in [5.41, 5.74) is -3.66. The number of carbonyl (C=O) groups is 15. The number of ketones is 5. The molecule has 112 heavy (non-hydrogen) atoms. The van der Waals surface area contributed by atoms with E-state index in [4.69, 9.17) is 76.5 Å². The molecule has 0 aromatic rings. The highest BCUT2D eigenvalue weighted by molar-refractivity contribution is 5.91. The highest BCUT2D eigenvalue weighted by Crippen LogP contribution is 2.22. The van der Waals surface area contributed by atoms with Gasteiger partial charge in [0.15, 0.2) is 92.8 Å². The van der Waals surface area contributed by atoms with E-state index in [0.29, 0.717) is 52.9 Å². The summed E-state index contributed by atoms with van der Waals surface area (Å²) in [5.74, 6) is -6.84. The summed E-state index contributed by atoms with van der Waals surface area (Å²) < 4.78 is 86.5. The molecule has 5 unspecified atom stereocenters. The zero-order chi connectivity index (χ0) is 89.2. The van der Waals surface area contributed by atoms with E-state index in [1.54, 1.807) is 132 Å². The number of carbonyl (C=O) groups excluding carboxylic acids is 15. The lowest BCUT2D eigenvalue weighted by molar-refractivity contribution is -0.187. The fraction of sp³-hybridized carbons (Fsp3) is 0.805. The Labute approximate surface area is 663 Å². The monoisotopic (exact) mass is 1620 g/mol. The molecule has 0 amide bonds. The third-order valence-corrected chi connectivity index (χ3v) is 12.9. The molecule has 0 rings (SSSR count). The summed E-state index contributed by atoms with van der Waals surface area (Å²) in [6.07, 6.45) is -4.12. The SMILES string of the molecule is CC(C)(C)C(=O)COCCOCCO.CC(OC(=O)COC(=O)CO)C(=O)C(C)(C)C.CCC(=O)OC(C)C(=O)OCC(=O)C(C)(C)C.CCOCC(=O)OCC(=O)OC(C)C(=O)C(C)(C)C.COC(C)OC(=O)C(C)OC(=O)C(C)(C)C.COCCOCCOCC(=O)C(C)(C)C.COCOC(=O)COC(=O)C(C)(C)C. The number of hydrogen-bond donors (Lipinski definition) is 2. The quantitative estimate of drug-likeness (QED) is 0.0275. The van der Waals surface area contributed by atoms with Crippen LogP contribution in [0.2, 0.25) is 0 Å². The Morgan fingerprint density at radius 1 is 0.304 bits per heavy atom. The van der Waals surface area contributed by atoms with E-state index in [0.717, 1.165) is 0 Å². The smallest absolute Gasteiger partial charge is 0.349 e. The normalized spacial score (nSPS) is 12.6. The summed E-state index contributed by atoms with van der Waals surface area (Å²) in [6.45, 7) is 48.8. The zero-order valence-electron chi connectivity index (χ0n) is 72.7. The predicted molar refractivity (Wildman–Crippen MR) is 404 cm³/mol. The maximum Gasteiger partial charge on any atom is 0.349 e. The van der Waals surface area contributed by atoms with Crippen LogP contribution in [0, 0.1) is 37.9 Å². The fourth-order valence-electron chi connectivity index (χ4n) is 5.75. The van der Waals surface area contributed by atoms with E-state index in [9.17, 15) is 71.9 Å². The molecule has 656 valence electrons. The third kappa shape index (κ3) is 71.7. The van der Waals surface area contributed by atoms with E-state index >= 15 is 0 Å². The Morgan fingerprint density at radius 2 is 0.670 bits per heavy atom. The molecular formula is C77H138O35. The molecule has 0 spiro atoms. The second-order valence-corrected chi connectivity index (χ2v) is 31.1. The molecule has 0 saturated carbocycles. The van der Waals surface area contributed by atoms with Crippen molar-refractivity contribution in [3.8, 4) is 0 Å². The number of methoxy groups -OCH3 is 3. The summed E-state index contributed by atoms with van der Waals surface area (Å²) in [4.78, 5) is 169. The standard InChI is InChI=1S/C13H22O6.C12H20O5.C11H18O6.C11H20O5.C11H22O4.C10H20O4.C9H16O5/c1-6-17-7-10(14)18-8-11(15)19-9(2)12(16)13(3,4)5;1-6-10(14)17-8(2)11(15)16-7-9(13)12(3,4)5;1-7(10(15)11(2,3)4)17-9(14)6-16-8(13)5-12;1-7(9(12)16-8(2)14-6)15-10(13)11(3,4)5;1-11(2,3)10(12)9-15-8-7-14-6-5-13-4;1-10(2,3)9(12)8-14-7-6-13-5-4-11;1-9(2,3)8(11)13-5-7(10)14-6-12-4/h9H,6-8H2,1-5H3;8H,6-7H2,1-5H3;7,12H,5-6H2,1-4H3;7-8H,1-6H3;5-9H2,1-4H3;11H,4-8H2,1-3H3;5-6H2,1-4H3. The largest absolute Gasteiger partial charge is 0.455 e. The number of ether oxygens (including phenoxy) is 18. The Balaban J connectivity index is -0.000000230. The van der Waals surface area contributed by atoms with Crippen molar-refractivity contribution in [2.75, 3.05) is 140 Å². The van der Waals surface area contributed by atoms with Crippen molar-refractivity contribution < 1.29 is 167 Å². The van der Waals surface area contributed by atoms with Crippen molar-refractivity contribution >= 4 is 88.6 Å². The van der Waals surface area contributed by atoms with E-state index < -0.39 is 137 Å². The van der Waals surface area contributed by atoms with Crippen LogP contribution in [0.25, 0.3) is 0 Å². The van der Waals surface area contributed by atoms with Crippen LogP contribution >= 0.6 is 0 Å². The van der Waals surface area contributed by atoms with Crippen molar-refractivity contribution in [1.82, 2.24) is 0 Å². The van der Waals surface area contributed by atoms with E-state index in [-0.39, 0.29) is 92.6 Å². The maximum atomic E-state index is 11.8. The fourth-order valence-corrected chi connectivity index (χ4v) is 5.75. The van der Waals surface area contributed by atoms with Gasteiger partial charge in [0.1, 0.15) is 26.4 Å². The van der Waals surface area contributed by atoms with E-state index in [1.807, 2.05) is 41.5 Å². The van der Waals surface area contributed by atoms with E-state index in [2.05, 4.69) is 18.9 Å². The molecule has 0 radical (unpaired) electrons. The first-order valence-corrected chi connectivity index (χ1v) is 36.2. The molecule has 0 aromatic heterocycles. The summed E-state index contributed by atoms with van der Waals surface area (Å²) in [6, 6.07) is 0. The average Bonchev–Trinajstić information content (AvgIpc) is 0.932. The van der Waals surface area contributed by atoms with Gasteiger partial charge >= 0.3 is 59.7 Å². The molecular weight excluding hydrogens is 1480 g/mol. The molecule has 5 atom stereocenters. The Kier molecular flexibility index (Phi) is 66.3. The summed E-state index contributed by atoms with van der Waals surface area (Å²) in [5, 5.41) is 16.7. The second kappa shape index (κ2) is 63.0. The third-order valence-electron chi connectivity index (χ3n) is 12.9. The summed E-state index contributed by atoms with van der Waals surface area (Å²) in [7, 11) is 4.44. The van der Waals surface area contributed by atoms with Gasteiger partial charge in [-0.1, -0.05) is 111 Å². The number of aliphatic hydroxyl groups excluding tert-OH is 2. The number of Topliss-reactive ketones (excluding diaryl/α,β-unsaturated/α-hetero) is 5. The van der Waals surface area contributed by atoms with Gasteiger partial charge < -0.3 is 95.5 Å². The Morgan fingerprint density at radius 3 is 1.03 bits per heavy atom. The first kappa shape index (κ1) is 118. The van der Waals surface area contributed by atoms with Crippen molar-refractivity contribution in [2.45, 2.75) is 231 Å². The van der Waals surface area contributed by atoms with Crippen LogP contribution in [-0.4, -0.2) is 270 Å². The number of rotatable bonds is 40. The number of hydrogen-bond acceptors (Lipinski definition) is 35. The van der Waals surface area contributed by atoms with Gasteiger partial charge in [-0.25, -0.2) is 33.6 Å². The molecule has 2 N–H and O–H groups in total. The molecule has 0 saturated heterocycles. The molecule has 0 aliphatic rings. The Hall–Kier alpha value is -7.35. The first-order chi connectivity index (χ1) is 51.1. The van der Waals surface area contributed by atoms with Crippen LogP contribution in [0.4, 0.5) is 0 Å². The number of aliphatic hydroxyl groups is 2. The predicted octanol–water partition coefficient (Wildman–Crippen LogP) is 6.80. The minimum absolute atomic E-state index is 0.0148. The summed E-state index contributed by atoms with van der Waals surface area (Å²) >= 11 is 0. The Bertz CT molecular complexity index is 2740. The molecule has 0 fully saturated rings. The maximum absolute atomic E-state index is 11.8. The van der Waals surface area contributed by atoms with Gasteiger partial charge in [-0.15, -0.1) is 0 Å². The molecule has 35 heteroatoms. The van der Waals surface area contributed by atoms with Crippen LogP contribution in [-0.2, 0) is 157 Å². The molecule has 35 nitrogen and oxygen atoms in total. The second-order valence-electron chi connectivity index (χ2n) is 31.1. The van der Waals surface area contributed by atoms with Crippen molar-refractivity contribution in [3.63, 3.8) is 0 Å². The lowest BCUT2D eigenvalue weighted by Gasteiger charge is -2.21. The van der Waals surface area contributed by atoms with Crippen LogP contribution in [0.3, 0.4) is 0 Å². The van der Waals surface area contributed by atoms with E-state index in [1.165, 1.54) is 41.9 Å². The minimum Gasteiger partial charge on any atom is -0.455 e. The van der Waals surface area contributed by atoms with Gasteiger partial charge in [-0.2, -0.15) is 0 Å². The first-order valence-electron chi connectivity index (χ1n) is 36.2. The van der Waals surface area contributed by atoms with Crippen LogP contribution in [0.1, 0.15) is 200 Å². The van der Waals surface area contributed by atoms with Gasteiger partial charge in [0, 0.05) is 61.4 Å². The van der Waals surface area contributed by atoms with Gasteiger partial charge in [-0.05, 0) is 83.1 Å². The minimum atomic E-state index is -0.977. The van der Waals surface area contributed by atoms with Crippen LogP contribution in [0.5, 0.6) is 0 Å². The van der Waals surface area contributed by atoms with Crippen LogP contribution in [0.15, 0.2) is 0 Å². The number of esters is 10. The zero-order valence-corrected chi connectivity index (χ0v) is 72.7. The average molecular weight is 1620 g/mol. The molecule has 0 aliphatic heterocycles. The van der Waals surface area contributed by atoms with Crippen molar-refractivity contribution in [1.29, 1.82) is 0 Å². The van der Waals surface area contributed by atoms with Gasteiger partial charge in [0.25, 0.3) is 0 Å². The van der Waals surface area contributed by atoms with Crippen molar-refractivity contribution in [2.24, 2.45) is 37.9 Å². The van der Waals surface area contributed by atoms with Crippen LogP contribution < -0.4 is 0 Å². The molecule has 0 aliphatic carbocycles. The molecule has 0 heterocycles. The van der Waals surface area contributed by atoms with Gasteiger partial charge in [0.2, 0.25) is 0 Å².